The molecule has 0 saturated heterocycles. The minimum atomic E-state index is -0.499. The summed E-state index contributed by atoms with van der Waals surface area (Å²) in [7, 11) is 2.93. The summed E-state index contributed by atoms with van der Waals surface area (Å²) in [6.07, 6.45) is 0. The molecule has 0 atom stereocenters. The third-order valence-electron chi connectivity index (χ3n) is 4.49. The second-order valence-electron chi connectivity index (χ2n) is 7.28. The van der Waals surface area contributed by atoms with Crippen LogP contribution in [0.5, 0.6) is 0 Å². The second kappa shape index (κ2) is 11.3. The van der Waals surface area contributed by atoms with Crippen LogP contribution in [0.4, 0.5) is 0 Å². The lowest BCUT2D eigenvalue weighted by Gasteiger charge is -2.07. The predicted octanol–water partition coefficient (Wildman–Crippen LogP) is 4.73. The molecule has 0 fully saturated rings. The van der Waals surface area contributed by atoms with Gasteiger partial charge in [0.1, 0.15) is 0 Å². The Morgan fingerprint density at radius 3 is 2.55 bits per heavy atom. The van der Waals surface area contributed by atoms with E-state index in [1.165, 1.54) is 23.1 Å². The lowest BCUT2D eigenvalue weighted by molar-refractivity contribution is 0.0589. The van der Waals surface area contributed by atoms with Crippen molar-refractivity contribution in [2.45, 2.75) is 30.2 Å². The number of carbonyl (C=O) groups is 2. The Hall–Kier alpha value is -2.21. The monoisotopic (exact) mass is 552 g/mol. The van der Waals surface area contributed by atoms with Gasteiger partial charge in [-0.3, -0.25) is 4.79 Å². The minimum absolute atomic E-state index is 0.158. The van der Waals surface area contributed by atoms with Crippen LogP contribution < -0.4 is 5.32 Å². The molecule has 2 aromatic heterocycles. The van der Waals surface area contributed by atoms with Crippen molar-refractivity contribution in [2.75, 3.05) is 27.4 Å². The van der Waals surface area contributed by atoms with Crippen molar-refractivity contribution in [3.05, 3.63) is 45.7 Å². The SMILES string of the molecule is COCCNC(=O)c1ccc(-c2nc(-n3nc(C)c(Br)c3C(=O)OC)sc2SC(C)C)cc1. The molecule has 8 nitrogen and oxygen atoms in total. The van der Waals surface area contributed by atoms with Crippen LogP contribution in [-0.4, -0.2) is 59.3 Å². The Bertz CT molecular complexity index is 1140. The summed E-state index contributed by atoms with van der Waals surface area (Å²) >= 11 is 6.57. The number of esters is 1. The average Bonchev–Trinajstić information content (AvgIpc) is 3.33. The molecule has 2 heterocycles. The van der Waals surface area contributed by atoms with E-state index >= 15 is 0 Å². The molecule has 1 aromatic carbocycles. The van der Waals surface area contributed by atoms with Gasteiger partial charge in [0.15, 0.2) is 5.69 Å². The number of halogens is 1. The number of nitrogens with one attached hydrogen (secondary N) is 1. The maximum Gasteiger partial charge on any atom is 0.358 e. The smallest absolute Gasteiger partial charge is 0.358 e. The van der Waals surface area contributed by atoms with Crippen LogP contribution in [0, 0.1) is 6.92 Å². The van der Waals surface area contributed by atoms with Crippen LogP contribution in [0.2, 0.25) is 0 Å². The molecule has 3 aromatic rings. The Labute approximate surface area is 209 Å². The molecule has 0 radical (unpaired) electrons. The highest BCUT2D eigenvalue weighted by Crippen LogP contribution is 2.40. The number of rotatable bonds is 9. The van der Waals surface area contributed by atoms with Crippen molar-refractivity contribution >= 4 is 50.9 Å². The largest absolute Gasteiger partial charge is 0.464 e. The molecule has 0 aliphatic rings. The van der Waals surface area contributed by atoms with Gasteiger partial charge >= 0.3 is 5.97 Å². The zero-order chi connectivity index (χ0) is 24.1. The molecule has 176 valence electrons. The fraction of sp³-hybridized carbons (Fsp3) is 0.364. The van der Waals surface area contributed by atoms with Gasteiger partial charge in [-0.05, 0) is 35.0 Å². The molecule has 0 bridgehead atoms. The number of methoxy groups -OCH3 is 2. The zero-order valence-electron chi connectivity index (χ0n) is 19.0. The first kappa shape index (κ1) is 25.4. The first-order valence-corrected chi connectivity index (χ1v) is 12.6. The first-order valence-electron chi connectivity index (χ1n) is 10.2. The molecular formula is C22H25BrN4O4S2. The van der Waals surface area contributed by atoms with Gasteiger partial charge in [0, 0.05) is 30.0 Å². The van der Waals surface area contributed by atoms with Crippen molar-refractivity contribution in [3.8, 4) is 16.4 Å². The normalized spacial score (nSPS) is 11.1. The average molecular weight is 554 g/mol. The summed E-state index contributed by atoms with van der Waals surface area (Å²) in [4.78, 5) is 29.5. The fourth-order valence-electron chi connectivity index (χ4n) is 2.93. The first-order chi connectivity index (χ1) is 15.8. The summed E-state index contributed by atoms with van der Waals surface area (Å²) in [5.74, 6) is -0.657. The number of benzene rings is 1. The Kier molecular flexibility index (Phi) is 8.69. The number of thiazole rings is 1. The summed E-state index contributed by atoms with van der Waals surface area (Å²) < 4.78 is 13.0. The number of hydrogen-bond donors (Lipinski definition) is 1. The molecule has 1 amide bonds. The standard InChI is InChI=1S/C22H25BrN4O4S2/c1-12(2)32-21-17(14-6-8-15(9-7-14)19(28)24-10-11-30-4)25-22(33-21)27-18(20(29)31-5)16(23)13(3)26-27/h6-9,12H,10-11H2,1-5H3,(H,24,28). The third kappa shape index (κ3) is 5.84. The number of aromatic nitrogens is 3. The summed E-state index contributed by atoms with van der Waals surface area (Å²) in [5.41, 5.74) is 3.16. The number of thioether (sulfide) groups is 1. The quantitative estimate of drug-likeness (QED) is 0.233. The van der Waals surface area contributed by atoms with Crippen LogP contribution >= 0.6 is 39.0 Å². The van der Waals surface area contributed by atoms with Gasteiger partial charge in [0.05, 0.1) is 33.8 Å². The van der Waals surface area contributed by atoms with Gasteiger partial charge < -0.3 is 14.8 Å². The molecule has 33 heavy (non-hydrogen) atoms. The predicted molar refractivity (Wildman–Crippen MR) is 134 cm³/mol. The van der Waals surface area contributed by atoms with Gasteiger partial charge in [-0.25, -0.2) is 9.78 Å². The summed E-state index contributed by atoms with van der Waals surface area (Å²) in [6.45, 7) is 6.92. The van der Waals surface area contributed by atoms with Crippen LogP contribution in [0.15, 0.2) is 32.9 Å². The molecule has 3 rings (SSSR count). The molecule has 0 unspecified atom stereocenters. The maximum absolute atomic E-state index is 12.4. The van der Waals surface area contributed by atoms with E-state index in [9.17, 15) is 9.59 Å². The van der Waals surface area contributed by atoms with Crippen molar-refractivity contribution in [1.29, 1.82) is 0 Å². The minimum Gasteiger partial charge on any atom is -0.464 e. The fourth-order valence-corrected chi connectivity index (χ4v) is 5.82. The summed E-state index contributed by atoms with van der Waals surface area (Å²) in [5, 5.41) is 8.19. The van der Waals surface area contributed by atoms with E-state index in [1.54, 1.807) is 31.0 Å². The van der Waals surface area contributed by atoms with E-state index in [2.05, 4.69) is 40.2 Å². The van der Waals surface area contributed by atoms with E-state index in [1.807, 2.05) is 19.1 Å². The highest BCUT2D eigenvalue weighted by Gasteiger charge is 2.25. The molecule has 0 aliphatic carbocycles. The topological polar surface area (TPSA) is 95.3 Å². The Morgan fingerprint density at radius 1 is 1.24 bits per heavy atom. The zero-order valence-corrected chi connectivity index (χ0v) is 22.2. The van der Waals surface area contributed by atoms with E-state index in [-0.39, 0.29) is 5.91 Å². The van der Waals surface area contributed by atoms with Gasteiger partial charge in [-0.2, -0.15) is 9.78 Å². The van der Waals surface area contributed by atoms with Crippen LogP contribution in [0.3, 0.4) is 0 Å². The molecule has 0 saturated carbocycles. The van der Waals surface area contributed by atoms with E-state index in [0.29, 0.717) is 45.0 Å². The Morgan fingerprint density at radius 2 is 1.94 bits per heavy atom. The lowest BCUT2D eigenvalue weighted by atomic mass is 10.1. The third-order valence-corrected chi connectivity index (χ3v) is 7.68. The van der Waals surface area contributed by atoms with Crippen LogP contribution in [0.1, 0.15) is 40.4 Å². The van der Waals surface area contributed by atoms with E-state index in [0.717, 1.165) is 15.5 Å². The number of amides is 1. The second-order valence-corrected chi connectivity index (χ2v) is 10.9. The number of nitrogens with zero attached hydrogens (tertiary/aromatic N) is 3. The van der Waals surface area contributed by atoms with Gasteiger partial charge in [-0.15, -0.1) is 11.8 Å². The van der Waals surface area contributed by atoms with E-state index < -0.39 is 5.97 Å². The molecular weight excluding hydrogens is 528 g/mol. The maximum atomic E-state index is 12.4. The molecule has 1 N–H and O–H groups in total. The van der Waals surface area contributed by atoms with Gasteiger partial charge in [-0.1, -0.05) is 37.3 Å². The Balaban J connectivity index is 2.00. The van der Waals surface area contributed by atoms with Crippen molar-refractivity contribution in [1.82, 2.24) is 20.1 Å². The van der Waals surface area contributed by atoms with Crippen LogP contribution in [-0.2, 0) is 9.47 Å². The van der Waals surface area contributed by atoms with Crippen LogP contribution in [0.25, 0.3) is 16.4 Å². The number of ether oxygens (including phenoxy) is 2. The van der Waals surface area contributed by atoms with Crippen molar-refractivity contribution in [3.63, 3.8) is 0 Å². The highest BCUT2D eigenvalue weighted by molar-refractivity contribution is 9.10. The number of aryl methyl sites for hydroxylation is 1. The van der Waals surface area contributed by atoms with Crippen molar-refractivity contribution < 1.29 is 19.1 Å². The molecule has 11 heteroatoms. The van der Waals surface area contributed by atoms with E-state index in [4.69, 9.17) is 14.5 Å². The van der Waals surface area contributed by atoms with Gasteiger partial charge in [0.2, 0.25) is 5.13 Å². The van der Waals surface area contributed by atoms with Gasteiger partial charge in [0.25, 0.3) is 5.91 Å². The number of carbonyl (C=O) groups excluding carboxylic acids is 2. The molecule has 0 spiro atoms. The lowest BCUT2D eigenvalue weighted by Crippen LogP contribution is -2.26. The highest BCUT2D eigenvalue weighted by atomic mass is 79.9. The van der Waals surface area contributed by atoms with Crippen molar-refractivity contribution in [2.24, 2.45) is 0 Å². The number of hydrogen-bond acceptors (Lipinski definition) is 8. The summed E-state index contributed by atoms with van der Waals surface area (Å²) in [6, 6.07) is 7.30. The molecule has 0 aliphatic heterocycles.